The molecule has 2 N–H and O–H groups in total. The standard InChI is InChI=1S/C12H14N4O/c1-12(13,9-4-5-9)11-15-10(16-17-11)8-3-2-6-14-7-8/h2-3,6-7,9H,4-5,13H2,1H3. The maximum atomic E-state index is 6.22. The lowest BCUT2D eigenvalue weighted by Crippen LogP contribution is -2.35. The highest BCUT2D eigenvalue weighted by Crippen LogP contribution is 2.43. The Kier molecular flexibility index (Phi) is 2.22. The zero-order valence-electron chi connectivity index (χ0n) is 9.63. The van der Waals surface area contributed by atoms with Crippen LogP contribution in [0.5, 0.6) is 0 Å². The summed E-state index contributed by atoms with van der Waals surface area (Å²) in [6, 6.07) is 3.74. The van der Waals surface area contributed by atoms with E-state index in [1.165, 1.54) is 0 Å². The highest BCUT2D eigenvalue weighted by molar-refractivity contribution is 5.52. The Balaban J connectivity index is 1.93. The molecule has 1 aliphatic rings. The predicted octanol–water partition coefficient (Wildman–Crippen LogP) is 1.72. The largest absolute Gasteiger partial charge is 0.337 e. The van der Waals surface area contributed by atoms with Crippen LogP contribution in [0.15, 0.2) is 29.0 Å². The molecule has 88 valence electrons. The first-order valence-corrected chi connectivity index (χ1v) is 5.71. The first-order valence-electron chi connectivity index (χ1n) is 5.71. The normalized spacial score (nSPS) is 18.9. The molecular weight excluding hydrogens is 216 g/mol. The lowest BCUT2D eigenvalue weighted by molar-refractivity contribution is 0.273. The summed E-state index contributed by atoms with van der Waals surface area (Å²) in [5.74, 6) is 1.52. The Labute approximate surface area is 99.1 Å². The highest BCUT2D eigenvalue weighted by atomic mass is 16.5. The number of aromatic nitrogens is 3. The van der Waals surface area contributed by atoms with Crippen LogP contribution in [-0.2, 0) is 5.54 Å². The van der Waals surface area contributed by atoms with Crippen LogP contribution in [0, 0.1) is 5.92 Å². The van der Waals surface area contributed by atoms with Gasteiger partial charge in [-0.2, -0.15) is 4.98 Å². The van der Waals surface area contributed by atoms with Gasteiger partial charge < -0.3 is 10.3 Å². The van der Waals surface area contributed by atoms with Crippen molar-refractivity contribution >= 4 is 0 Å². The summed E-state index contributed by atoms with van der Waals surface area (Å²) in [5.41, 5.74) is 6.56. The van der Waals surface area contributed by atoms with Crippen LogP contribution >= 0.6 is 0 Å². The molecule has 5 nitrogen and oxygen atoms in total. The van der Waals surface area contributed by atoms with Gasteiger partial charge in [0.1, 0.15) is 0 Å². The molecule has 0 aromatic carbocycles. The zero-order chi connectivity index (χ0) is 11.9. The van der Waals surface area contributed by atoms with Crippen molar-refractivity contribution in [3.8, 4) is 11.4 Å². The quantitative estimate of drug-likeness (QED) is 0.868. The van der Waals surface area contributed by atoms with Crippen molar-refractivity contribution in [2.75, 3.05) is 0 Å². The molecule has 5 heteroatoms. The fourth-order valence-corrected chi connectivity index (χ4v) is 1.91. The van der Waals surface area contributed by atoms with Gasteiger partial charge in [-0.3, -0.25) is 4.98 Å². The maximum Gasteiger partial charge on any atom is 0.247 e. The number of hydrogen-bond donors (Lipinski definition) is 1. The Hall–Kier alpha value is -1.75. The third-order valence-electron chi connectivity index (χ3n) is 3.23. The Morgan fingerprint density at radius 1 is 1.47 bits per heavy atom. The number of pyridine rings is 1. The summed E-state index contributed by atoms with van der Waals surface area (Å²) in [5, 5.41) is 3.96. The van der Waals surface area contributed by atoms with Crippen LogP contribution in [0.4, 0.5) is 0 Å². The van der Waals surface area contributed by atoms with Gasteiger partial charge in [-0.1, -0.05) is 5.16 Å². The molecule has 1 unspecified atom stereocenters. The smallest absolute Gasteiger partial charge is 0.247 e. The average Bonchev–Trinajstić information content (AvgIpc) is 3.08. The molecular formula is C12H14N4O. The van der Waals surface area contributed by atoms with Gasteiger partial charge in [0, 0.05) is 18.0 Å². The molecule has 0 bridgehead atoms. The van der Waals surface area contributed by atoms with Gasteiger partial charge in [-0.25, -0.2) is 0 Å². The van der Waals surface area contributed by atoms with Crippen molar-refractivity contribution in [3.63, 3.8) is 0 Å². The van der Waals surface area contributed by atoms with E-state index >= 15 is 0 Å². The van der Waals surface area contributed by atoms with Crippen molar-refractivity contribution in [3.05, 3.63) is 30.4 Å². The Morgan fingerprint density at radius 2 is 2.29 bits per heavy atom. The van der Waals surface area contributed by atoms with Crippen molar-refractivity contribution in [1.29, 1.82) is 0 Å². The van der Waals surface area contributed by atoms with Crippen LogP contribution < -0.4 is 5.73 Å². The van der Waals surface area contributed by atoms with Gasteiger partial charge >= 0.3 is 0 Å². The summed E-state index contributed by atoms with van der Waals surface area (Å²) in [6.45, 7) is 1.95. The van der Waals surface area contributed by atoms with E-state index < -0.39 is 5.54 Å². The third kappa shape index (κ3) is 1.82. The highest BCUT2D eigenvalue weighted by Gasteiger charge is 2.43. The van der Waals surface area contributed by atoms with E-state index in [1.807, 2.05) is 19.1 Å². The van der Waals surface area contributed by atoms with Gasteiger partial charge in [-0.05, 0) is 37.8 Å². The summed E-state index contributed by atoms with van der Waals surface area (Å²) in [4.78, 5) is 8.40. The molecule has 0 aliphatic heterocycles. The number of nitrogens with zero attached hydrogens (tertiary/aromatic N) is 3. The van der Waals surface area contributed by atoms with E-state index in [9.17, 15) is 0 Å². The van der Waals surface area contributed by atoms with Crippen molar-refractivity contribution < 1.29 is 4.52 Å². The molecule has 0 spiro atoms. The SMILES string of the molecule is CC(N)(c1nc(-c2cccnc2)no1)C1CC1. The van der Waals surface area contributed by atoms with Crippen molar-refractivity contribution in [2.45, 2.75) is 25.3 Å². The zero-order valence-corrected chi connectivity index (χ0v) is 9.63. The van der Waals surface area contributed by atoms with Crippen LogP contribution in [-0.4, -0.2) is 15.1 Å². The van der Waals surface area contributed by atoms with Crippen LogP contribution in [0.25, 0.3) is 11.4 Å². The molecule has 1 atom stereocenters. The second-order valence-electron chi connectivity index (χ2n) is 4.72. The van der Waals surface area contributed by atoms with Gasteiger partial charge in [0.2, 0.25) is 11.7 Å². The number of hydrogen-bond acceptors (Lipinski definition) is 5. The molecule has 17 heavy (non-hydrogen) atoms. The lowest BCUT2D eigenvalue weighted by atomic mass is 9.97. The molecule has 2 heterocycles. The predicted molar refractivity (Wildman–Crippen MR) is 61.8 cm³/mol. The second-order valence-corrected chi connectivity index (χ2v) is 4.72. The van der Waals surface area contributed by atoms with E-state index in [0.717, 1.165) is 18.4 Å². The molecule has 1 saturated carbocycles. The van der Waals surface area contributed by atoms with E-state index in [4.69, 9.17) is 10.3 Å². The lowest BCUT2D eigenvalue weighted by Gasteiger charge is -2.18. The summed E-state index contributed by atoms with van der Waals surface area (Å²) < 4.78 is 5.27. The number of rotatable bonds is 3. The molecule has 2 aromatic heterocycles. The third-order valence-corrected chi connectivity index (χ3v) is 3.23. The summed E-state index contributed by atoms with van der Waals surface area (Å²) in [6.07, 6.45) is 5.69. The van der Waals surface area contributed by atoms with E-state index in [0.29, 0.717) is 17.6 Å². The van der Waals surface area contributed by atoms with Gasteiger partial charge in [0.05, 0.1) is 5.54 Å². The minimum Gasteiger partial charge on any atom is -0.337 e. The second kappa shape index (κ2) is 3.63. The monoisotopic (exact) mass is 230 g/mol. The van der Waals surface area contributed by atoms with E-state index in [1.54, 1.807) is 12.4 Å². The molecule has 2 aromatic rings. The fraction of sp³-hybridized carbons (Fsp3) is 0.417. The summed E-state index contributed by atoms with van der Waals surface area (Å²) >= 11 is 0. The topological polar surface area (TPSA) is 77.8 Å². The van der Waals surface area contributed by atoms with Crippen molar-refractivity contribution in [1.82, 2.24) is 15.1 Å². The van der Waals surface area contributed by atoms with Gasteiger partial charge in [0.25, 0.3) is 0 Å². The van der Waals surface area contributed by atoms with Crippen LogP contribution in [0.3, 0.4) is 0 Å². The first-order chi connectivity index (χ1) is 8.18. The van der Waals surface area contributed by atoms with Crippen LogP contribution in [0.1, 0.15) is 25.7 Å². The molecule has 1 fully saturated rings. The van der Waals surface area contributed by atoms with Gasteiger partial charge in [-0.15, -0.1) is 0 Å². The molecule has 1 aliphatic carbocycles. The summed E-state index contributed by atoms with van der Waals surface area (Å²) in [7, 11) is 0. The Bertz CT molecular complexity index is 516. The van der Waals surface area contributed by atoms with E-state index in [2.05, 4.69) is 15.1 Å². The Morgan fingerprint density at radius 3 is 2.94 bits per heavy atom. The van der Waals surface area contributed by atoms with Gasteiger partial charge in [0.15, 0.2) is 0 Å². The fourth-order valence-electron chi connectivity index (χ4n) is 1.91. The average molecular weight is 230 g/mol. The minimum absolute atomic E-state index is 0.463. The first kappa shape index (κ1) is 10.4. The maximum absolute atomic E-state index is 6.22. The molecule has 0 amide bonds. The minimum atomic E-state index is -0.506. The number of nitrogens with two attached hydrogens (primary N) is 1. The van der Waals surface area contributed by atoms with Crippen LogP contribution in [0.2, 0.25) is 0 Å². The molecule has 0 radical (unpaired) electrons. The molecule has 0 saturated heterocycles. The van der Waals surface area contributed by atoms with Crippen molar-refractivity contribution in [2.24, 2.45) is 11.7 Å². The molecule has 3 rings (SSSR count). The van der Waals surface area contributed by atoms with E-state index in [-0.39, 0.29) is 0 Å².